The minimum atomic E-state index is -0.875. The maximum atomic E-state index is 13.2. The average Bonchev–Trinajstić information content (AvgIpc) is 2.98. The highest BCUT2D eigenvalue weighted by Gasteiger charge is 2.34. The van der Waals surface area contributed by atoms with Crippen molar-refractivity contribution in [2.24, 2.45) is 5.92 Å². The van der Waals surface area contributed by atoms with Gasteiger partial charge in [-0.3, -0.25) is 29.2 Å². The van der Waals surface area contributed by atoms with Gasteiger partial charge in [-0.2, -0.15) is 0 Å². The average molecular weight is 572 g/mol. The van der Waals surface area contributed by atoms with Crippen molar-refractivity contribution in [3.8, 4) is 11.3 Å². The Morgan fingerprint density at radius 3 is 2.57 bits per heavy atom. The zero-order chi connectivity index (χ0) is 30.0. The molecule has 0 spiro atoms. The first-order valence-electron chi connectivity index (χ1n) is 14.5. The van der Waals surface area contributed by atoms with E-state index >= 15 is 0 Å². The van der Waals surface area contributed by atoms with Crippen LogP contribution >= 0.6 is 0 Å². The molecule has 2 aromatic carbocycles. The molecule has 0 saturated carbocycles. The highest BCUT2D eigenvalue weighted by atomic mass is 16.5. The number of nitrogens with zero attached hydrogens (tertiary/aromatic N) is 2. The molecule has 3 N–H and O–H groups in total. The summed E-state index contributed by atoms with van der Waals surface area (Å²) in [6, 6.07) is 13.0. The molecule has 10 heteroatoms. The molecule has 1 aromatic heterocycles. The van der Waals surface area contributed by atoms with Gasteiger partial charge in [-0.05, 0) is 67.3 Å². The van der Waals surface area contributed by atoms with E-state index in [-0.39, 0.29) is 24.2 Å². The molecule has 7 bridgehead atoms. The van der Waals surface area contributed by atoms with Gasteiger partial charge in [0.15, 0.2) is 0 Å². The van der Waals surface area contributed by atoms with Gasteiger partial charge in [0.05, 0.1) is 12.1 Å². The van der Waals surface area contributed by atoms with Crippen LogP contribution in [0.5, 0.6) is 0 Å². The maximum absolute atomic E-state index is 13.2. The van der Waals surface area contributed by atoms with Crippen molar-refractivity contribution in [2.45, 2.75) is 71.2 Å². The van der Waals surface area contributed by atoms with Gasteiger partial charge in [-0.15, -0.1) is 0 Å². The van der Waals surface area contributed by atoms with E-state index in [1.54, 1.807) is 13.1 Å². The van der Waals surface area contributed by atoms with Crippen LogP contribution in [0.4, 0.5) is 0 Å². The van der Waals surface area contributed by atoms with E-state index in [1.807, 2.05) is 69.3 Å². The van der Waals surface area contributed by atoms with Crippen LogP contribution in [0.1, 0.15) is 57.8 Å². The summed E-state index contributed by atoms with van der Waals surface area (Å²) in [5.41, 5.74) is 6.21. The van der Waals surface area contributed by atoms with Crippen LogP contribution in [-0.4, -0.2) is 58.4 Å². The summed E-state index contributed by atoms with van der Waals surface area (Å²) >= 11 is 0. The van der Waals surface area contributed by atoms with Crippen molar-refractivity contribution in [3.05, 3.63) is 65.9 Å². The number of cyclic esters (lactones) is 1. The monoisotopic (exact) mass is 571 g/mol. The summed E-state index contributed by atoms with van der Waals surface area (Å²) in [5.74, 6) is -1.79. The summed E-state index contributed by atoms with van der Waals surface area (Å²) in [6.07, 6.45) is 2.48. The summed E-state index contributed by atoms with van der Waals surface area (Å²) in [6.45, 7) is 7.48. The lowest BCUT2D eigenvalue weighted by atomic mass is 10.0. The zero-order valence-corrected chi connectivity index (χ0v) is 24.3. The molecule has 42 heavy (non-hydrogen) atoms. The normalized spacial score (nSPS) is 24.2. The number of aromatic nitrogens is 1. The van der Waals surface area contributed by atoms with Gasteiger partial charge >= 0.3 is 5.97 Å². The van der Waals surface area contributed by atoms with Crippen molar-refractivity contribution < 1.29 is 23.9 Å². The van der Waals surface area contributed by atoms with Crippen molar-refractivity contribution in [3.63, 3.8) is 0 Å². The van der Waals surface area contributed by atoms with Crippen LogP contribution in [0.15, 0.2) is 54.7 Å². The fraction of sp³-hybridized carbons (Fsp3) is 0.406. The number of hydrazine groups is 1. The fourth-order valence-electron chi connectivity index (χ4n) is 5.39. The molecule has 10 nitrogen and oxygen atoms in total. The van der Waals surface area contributed by atoms with E-state index in [1.165, 1.54) is 5.01 Å². The smallest absolute Gasteiger partial charge is 0.325 e. The quantitative estimate of drug-likeness (QED) is 0.383. The molecule has 3 heterocycles. The number of hydrogen-bond acceptors (Lipinski definition) is 7. The number of carbonyl (C=O) groups is 4. The fourth-order valence-corrected chi connectivity index (χ4v) is 5.39. The van der Waals surface area contributed by atoms with Crippen LogP contribution in [-0.2, 0) is 30.3 Å². The number of amides is 3. The van der Waals surface area contributed by atoms with Gasteiger partial charge in [0.1, 0.15) is 24.2 Å². The number of pyridine rings is 1. The molecule has 3 amide bonds. The highest BCUT2D eigenvalue weighted by Crippen LogP contribution is 2.27. The Bertz CT molecular complexity index is 1520. The molecule has 1 saturated heterocycles. The van der Waals surface area contributed by atoms with E-state index < -0.39 is 36.1 Å². The number of esters is 1. The molecule has 5 rings (SSSR count). The Morgan fingerprint density at radius 2 is 1.79 bits per heavy atom. The number of fused-ring (bicyclic) bond motifs is 7. The Balaban J connectivity index is 1.50. The second kappa shape index (κ2) is 12.3. The van der Waals surface area contributed by atoms with Crippen LogP contribution in [0.3, 0.4) is 0 Å². The molecule has 2 aliphatic heterocycles. The molecule has 0 aliphatic carbocycles. The van der Waals surface area contributed by atoms with Gasteiger partial charge in [0.2, 0.25) is 11.8 Å². The number of nitrogens with one attached hydrogen (secondary N) is 3. The number of hydrogen-bond donors (Lipinski definition) is 3. The summed E-state index contributed by atoms with van der Waals surface area (Å²) < 4.78 is 5.83. The Kier molecular flexibility index (Phi) is 8.54. The van der Waals surface area contributed by atoms with Gasteiger partial charge in [-0.1, -0.05) is 44.2 Å². The first-order chi connectivity index (χ1) is 20.1. The Morgan fingerprint density at radius 1 is 0.976 bits per heavy atom. The molecule has 0 radical (unpaired) electrons. The molecule has 1 fully saturated rings. The minimum absolute atomic E-state index is 0.0819. The predicted molar refractivity (Wildman–Crippen MR) is 158 cm³/mol. The van der Waals surface area contributed by atoms with Gasteiger partial charge in [0.25, 0.3) is 5.91 Å². The van der Waals surface area contributed by atoms with E-state index in [0.717, 1.165) is 33.2 Å². The topological polar surface area (TPSA) is 130 Å². The van der Waals surface area contributed by atoms with Crippen molar-refractivity contribution in [2.75, 3.05) is 6.54 Å². The lowest BCUT2D eigenvalue weighted by Crippen LogP contribution is -2.61. The lowest BCUT2D eigenvalue weighted by Gasteiger charge is -2.35. The third-order valence-electron chi connectivity index (χ3n) is 7.83. The van der Waals surface area contributed by atoms with Crippen molar-refractivity contribution >= 4 is 34.5 Å². The van der Waals surface area contributed by atoms with Crippen LogP contribution in [0.25, 0.3) is 22.0 Å². The number of carbonyl (C=O) groups excluding carboxylic acids is 4. The number of ether oxygens (including phenoxy) is 1. The standard InChI is InChI=1S/C32H37N5O5/c1-18(2)29-30(39)34-19(3)31(40)37-12-6-9-26(36-37)32(41)42-20(4)22-10-11-24-17-33-27(16-25(24)15-22)23-8-5-7-21(13-23)14-28(38)35-29/h5,7-8,10-11,13,15-20,26,29,36H,6,9,12,14H2,1-4H3,(H,34,39)(H,35,38)/t19-,20+,26-,29?/m0/s1. The van der Waals surface area contributed by atoms with Crippen LogP contribution in [0, 0.1) is 5.92 Å². The SMILES string of the molecule is CC(C)C1NC(=O)Cc2cccc(c2)-c2cc3cc(ccc3cn2)[C@@H](C)OC(=O)[C@@H]2CCCN(N2)C(=O)[C@H](C)NC1=O. The largest absolute Gasteiger partial charge is 0.457 e. The first kappa shape index (κ1) is 29.2. The predicted octanol–water partition coefficient (Wildman–Crippen LogP) is 3.20. The molecule has 220 valence electrons. The Labute approximate surface area is 245 Å². The summed E-state index contributed by atoms with van der Waals surface area (Å²) in [5, 5.41) is 8.85. The van der Waals surface area contributed by atoms with E-state index in [4.69, 9.17) is 4.74 Å². The van der Waals surface area contributed by atoms with E-state index in [2.05, 4.69) is 21.0 Å². The highest BCUT2D eigenvalue weighted by molar-refractivity contribution is 5.93. The molecule has 2 aliphatic rings. The third kappa shape index (κ3) is 6.44. The van der Waals surface area contributed by atoms with Crippen molar-refractivity contribution in [1.82, 2.24) is 26.1 Å². The van der Waals surface area contributed by atoms with Crippen LogP contribution < -0.4 is 16.1 Å². The lowest BCUT2D eigenvalue weighted by molar-refractivity contribution is -0.157. The zero-order valence-electron chi connectivity index (χ0n) is 24.3. The molecular weight excluding hydrogens is 534 g/mol. The number of rotatable bonds is 1. The van der Waals surface area contributed by atoms with E-state index in [9.17, 15) is 19.2 Å². The van der Waals surface area contributed by atoms with Gasteiger partial charge < -0.3 is 15.4 Å². The first-order valence-corrected chi connectivity index (χ1v) is 14.5. The number of benzene rings is 2. The van der Waals surface area contributed by atoms with Crippen molar-refractivity contribution in [1.29, 1.82) is 0 Å². The van der Waals surface area contributed by atoms with E-state index in [0.29, 0.717) is 19.4 Å². The second-order valence-corrected chi connectivity index (χ2v) is 11.5. The third-order valence-corrected chi connectivity index (χ3v) is 7.83. The van der Waals surface area contributed by atoms with Gasteiger partial charge in [0, 0.05) is 23.7 Å². The molecule has 4 atom stereocenters. The van der Waals surface area contributed by atoms with Crippen LogP contribution in [0.2, 0.25) is 0 Å². The second-order valence-electron chi connectivity index (χ2n) is 11.5. The molecular formula is C32H37N5O5. The minimum Gasteiger partial charge on any atom is -0.457 e. The van der Waals surface area contributed by atoms with Gasteiger partial charge in [-0.25, -0.2) is 5.43 Å². The molecule has 1 unspecified atom stereocenters. The Hall–Kier alpha value is -4.31. The maximum Gasteiger partial charge on any atom is 0.325 e. The molecule has 3 aromatic rings. The summed E-state index contributed by atoms with van der Waals surface area (Å²) in [4.78, 5) is 57.3. The summed E-state index contributed by atoms with van der Waals surface area (Å²) in [7, 11) is 0.